The van der Waals surface area contributed by atoms with Crippen molar-refractivity contribution in [3.8, 4) is 0 Å². The first-order valence-electron chi connectivity index (χ1n) is 6.73. The zero-order valence-electron chi connectivity index (χ0n) is 12.0. The Morgan fingerprint density at radius 3 is 2.62 bits per heavy atom. The van der Waals surface area contributed by atoms with Crippen LogP contribution in [0.1, 0.15) is 10.4 Å². The molecule has 1 heterocycles. The Balaban J connectivity index is 2.03. The van der Waals surface area contributed by atoms with Gasteiger partial charge < -0.3 is 0 Å². The van der Waals surface area contributed by atoms with Crippen molar-refractivity contribution in [1.82, 2.24) is 9.88 Å². The van der Waals surface area contributed by atoms with Crippen molar-refractivity contribution >= 4 is 40.7 Å². The van der Waals surface area contributed by atoms with E-state index in [-0.39, 0.29) is 20.9 Å². The summed E-state index contributed by atoms with van der Waals surface area (Å²) < 4.78 is 4.80. The summed E-state index contributed by atoms with van der Waals surface area (Å²) in [6.07, 6.45) is 2.17. The van der Waals surface area contributed by atoms with Crippen molar-refractivity contribution < 1.29 is 4.79 Å². The fourth-order valence-electron chi connectivity index (χ4n) is 2.33. The summed E-state index contributed by atoms with van der Waals surface area (Å²) in [5.41, 5.74) is 1.80. The molecule has 0 aliphatic heterocycles. The van der Waals surface area contributed by atoms with Crippen LogP contribution in [-0.4, -0.2) is 32.5 Å². The normalized spacial score (nSPS) is 10.8. The summed E-state index contributed by atoms with van der Waals surface area (Å²) in [7, 11) is 3.68. The van der Waals surface area contributed by atoms with Crippen molar-refractivity contribution in [2.24, 2.45) is 7.05 Å². The zero-order valence-corrected chi connectivity index (χ0v) is 13.7. The first-order valence-corrected chi connectivity index (χ1v) is 8.44. The predicted molar refractivity (Wildman–Crippen MR) is 87.8 cm³/mol. The van der Waals surface area contributed by atoms with Gasteiger partial charge in [-0.25, -0.2) is 0 Å². The molecule has 0 unspecified atom stereocenters. The number of fused-ring (bicyclic) bond motifs is 1. The van der Waals surface area contributed by atoms with Crippen molar-refractivity contribution in [2.45, 2.75) is 0 Å². The molecule has 0 aliphatic carbocycles. The van der Waals surface area contributed by atoms with E-state index < -0.39 is 0 Å². The Hall–Kier alpha value is -2.03. The Morgan fingerprint density at radius 1 is 1.14 bits per heavy atom. The van der Waals surface area contributed by atoms with E-state index in [4.69, 9.17) is 0 Å². The maximum absolute atomic E-state index is 11.7. The standard InChI is InChI=1S/C17H16N2OSe/c1-18-17(20)12-8-9-14-15(10-12)19(2)11-16(14)21-13-6-4-3-5-7-13/h3-11H,1-2H3,(H,18,20). The van der Waals surface area contributed by atoms with Gasteiger partial charge in [0, 0.05) is 0 Å². The molecule has 3 aromatic rings. The average Bonchev–Trinajstić information content (AvgIpc) is 2.83. The van der Waals surface area contributed by atoms with E-state index in [0.717, 1.165) is 5.52 Å². The molecule has 2 aromatic carbocycles. The number of amides is 1. The molecule has 4 heteroatoms. The van der Waals surface area contributed by atoms with E-state index in [2.05, 4.69) is 46.4 Å². The molecule has 0 saturated carbocycles. The number of aryl methyl sites for hydroxylation is 1. The molecular formula is C17H16N2OSe. The number of hydrogen-bond donors (Lipinski definition) is 1. The first kappa shape index (κ1) is 13.9. The van der Waals surface area contributed by atoms with E-state index in [9.17, 15) is 4.79 Å². The van der Waals surface area contributed by atoms with Gasteiger partial charge in [-0.05, 0) is 0 Å². The molecule has 1 amide bonds. The van der Waals surface area contributed by atoms with Crippen LogP contribution in [0.4, 0.5) is 0 Å². The Morgan fingerprint density at radius 2 is 1.90 bits per heavy atom. The quantitative estimate of drug-likeness (QED) is 0.713. The van der Waals surface area contributed by atoms with Crippen LogP contribution < -0.4 is 14.2 Å². The summed E-state index contributed by atoms with van der Waals surface area (Å²) in [6, 6.07) is 16.4. The van der Waals surface area contributed by atoms with Crippen LogP contribution in [0.2, 0.25) is 0 Å². The van der Waals surface area contributed by atoms with Crippen LogP contribution in [0.25, 0.3) is 10.9 Å². The molecule has 21 heavy (non-hydrogen) atoms. The van der Waals surface area contributed by atoms with E-state index in [1.165, 1.54) is 14.3 Å². The minimum absolute atomic E-state index is 0.0479. The number of nitrogens with zero attached hydrogens (tertiary/aromatic N) is 1. The van der Waals surface area contributed by atoms with Gasteiger partial charge in [0.1, 0.15) is 0 Å². The molecule has 0 radical (unpaired) electrons. The Labute approximate surface area is 130 Å². The molecule has 0 aliphatic rings. The van der Waals surface area contributed by atoms with Crippen LogP contribution in [0, 0.1) is 0 Å². The molecule has 0 atom stereocenters. The van der Waals surface area contributed by atoms with Crippen LogP contribution in [0.15, 0.2) is 54.7 Å². The molecule has 106 valence electrons. The summed E-state index contributed by atoms with van der Waals surface area (Å²) in [4.78, 5) is 11.7. The van der Waals surface area contributed by atoms with E-state index >= 15 is 0 Å². The van der Waals surface area contributed by atoms with Gasteiger partial charge in [0.05, 0.1) is 0 Å². The third-order valence-corrected chi connectivity index (χ3v) is 5.62. The van der Waals surface area contributed by atoms with Crippen LogP contribution in [-0.2, 0) is 7.05 Å². The number of carbonyl (C=O) groups excluding carboxylic acids is 1. The van der Waals surface area contributed by atoms with E-state index in [1.807, 2.05) is 25.2 Å². The molecular weight excluding hydrogens is 327 g/mol. The van der Waals surface area contributed by atoms with Gasteiger partial charge in [0.25, 0.3) is 0 Å². The predicted octanol–water partition coefficient (Wildman–Crippen LogP) is 1.19. The molecule has 0 saturated heterocycles. The number of benzene rings is 2. The van der Waals surface area contributed by atoms with Gasteiger partial charge in [-0.1, -0.05) is 0 Å². The van der Waals surface area contributed by atoms with Crippen molar-refractivity contribution in [2.75, 3.05) is 7.05 Å². The molecule has 0 fully saturated rings. The van der Waals surface area contributed by atoms with Crippen molar-refractivity contribution in [3.05, 3.63) is 60.3 Å². The van der Waals surface area contributed by atoms with Crippen LogP contribution >= 0.6 is 0 Å². The Bertz CT molecular complexity index is 793. The van der Waals surface area contributed by atoms with Crippen LogP contribution in [0.5, 0.6) is 0 Å². The third kappa shape index (κ3) is 2.73. The minimum atomic E-state index is -0.0479. The van der Waals surface area contributed by atoms with Crippen LogP contribution in [0.3, 0.4) is 0 Å². The fourth-order valence-corrected chi connectivity index (χ4v) is 4.51. The average molecular weight is 343 g/mol. The van der Waals surface area contributed by atoms with Gasteiger partial charge in [0.15, 0.2) is 0 Å². The molecule has 1 aromatic heterocycles. The Kier molecular flexibility index (Phi) is 3.82. The summed E-state index contributed by atoms with van der Waals surface area (Å²) >= 11 is 0.273. The number of aromatic nitrogens is 1. The maximum atomic E-state index is 11.7. The summed E-state index contributed by atoms with van der Waals surface area (Å²) in [5.74, 6) is -0.0479. The van der Waals surface area contributed by atoms with Gasteiger partial charge in [-0.2, -0.15) is 0 Å². The topological polar surface area (TPSA) is 34.0 Å². The second-order valence-electron chi connectivity index (χ2n) is 4.83. The van der Waals surface area contributed by atoms with Gasteiger partial charge in [0.2, 0.25) is 0 Å². The van der Waals surface area contributed by atoms with Gasteiger partial charge >= 0.3 is 130 Å². The molecule has 3 nitrogen and oxygen atoms in total. The number of hydrogen-bond acceptors (Lipinski definition) is 1. The second-order valence-corrected chi connectivity index (χ2v) is 7.17. The first-order chi connectivity index (χ1) is 10.2. The SMILES string of the molecule is CNC(=O)c1ccc2c([Se]c3ccccc3)cn(C)c2c1. The van der Waals surface area contributed by atoms with Gasteiger partial charge in [-0.3, -0.25) is 0 Å². The monoisotopic (exact) mass is 344 g/mol. The summed E-state index contributed by atoms with van der Waals surface area (Å²) in [6.45, 7) is 0. The van der Waals surface area contributed by atoms with E-state index in [1.54, 1.807) is 7.05 Å². The number of rotatable bonds is 3. The summed E-state index contributed by atoms with van der Waals surface area (Å²) in [5, 5.41) is 3.90. The molecule has 0 bridgehead atoms. The molecule has 0 spiro atoms. The number of nitrogens with one attached hydrogen (secondary N) is 1. The third-order valence-electron chi connectivity index (χ3n) is 3.41. The molecule has 3 rings (SSSR count). The van der Waals surface area contributed by atoms with E-state index in [0.29, 0.717) is 5.56 Å². The second kappa shape index (κ2) is 5.76. The zero-order chi connectivity index (χ0) is 14.8. The fraction of sp³-hybridized carbons (Fsp3) is 0.118. The number of carbonyl (C=O) groups is 1. The molecule has 1 N–H and O–H groups in total. The van der Waals surface area contributed by atoms with Gasteiger partial charge in [-0.15, -0.1) is 0 Å². The van der Waals surface area contributed by atoms with Crippen molar-refractivity contribution in [1.29, 1.82) is 0 Å². The van der Waals surface area contributed by atoms with Crippen molar-refractivity contribution in [3.63, 3.8) is 0 Å².